The molecule has 0 radical (unpaired) electrons. The minimum absolute atomic E-state index is 0.0349. The van der Waals surface area contributed by atoms with Gasteiger partial charge in [0.2, 0.25) is 5.91 Å². The van der Waals surface area contributed by atoms with E-state index < -0.39 is 23.4 Å². The van der Waals surface area contributed by atoms with Gasteiger partial charge < -0.3 is 15.4 Å². The molecular formula is C19H17N3O6S. The van der Waals surface area contributed by atoms with Gasteiger partial charge in [-0.1, -0.05) is 0 Å². The zero-order valence-corrected chi connectivity index (χ0v) is 16.4. The summed E-state index contributed by atoms with van der Waals surface area (Å²) >= 11 is 1.36. The van der Waals surface area contributed by atoms with Gasteiger partial charge in [-0.05, 0) is 49.2 Å². The Morgan fingerprint density at radius 2 is 1.97 bits per heavy atom. The molecule has 0 spiro atoms. The number of esters is 1. The highest BCUT2D eigenvalue weighted by atomic mass is 32.2. The highest BCUT2D eigenvalue weighted by Crippen LogP contribution is 2.32. The summed E-state index contributed by atoms with van der Waals surface area (Å²) in [7, 11) is 0. The van der Waals surface area contributed by atoms with Crippen LogP contribution in [0.15, 0.2) is 35.2 Å². The van der Waals surface area contributed by atoms with Crippen LogP contribution < -0.4 is 10.6 Å². The summed E-state index contributed by atoms with van der Waals surface area (Å²) in [5, 5.41) is 16.3. The normalized spacial score (nSPS) is 12.6. The van der Waals surface area contributed by atoms with Gasteiger partial charge in [0.15, 0.2) is 6.61 Å². The lowest BCUT2D eigenvalue weighted by molar-refractivity contribution is -0.384. The van der Waals surface area contributed by atoms with Crippen molar-refractivity contribution in [2.45, 2.75) is 18.7 Å². The molecule has 2 aromatic rings. The van der Waals surface area contributed by atoms with E-state index in [4.69, 9.17) is 4.74 Å². The number of benzene rings is 2. The van der Waals surface area contributed by atoms with Crippen molar-refractivity contribution < 1.29 is 24.0 Å². The molecule has 1 aliphatic rings. The van der Waals surface area contributed by atoms with Crippen molar-refractivity contribution in [1.29, 1.82) is 0 Å². The van der Waals surface area contributed by atoms with E-state index in [1.165, 1.54) is 36.0 Å². The molecule has 0 saturated carbocycles. The van der Waals surface area contributed by atoms with Crippen LogP contribution >= 0.6 is 11.8 Å². The molecule has 0 aliphatic carbocycles. The molecular weight excluding hydrogens is 398 g/mol. The van der Waals surface area contributed by atoms with E-state index in [-0.39, 0.29) is 22.8 Å². The van der Waals surface area contributed by atoms with E-state index in [0.29, 0.717) is 11.4 Å². The summed E-state index contributed by atoms with van der Waals surface area (Å²) in [6.45, 7) is 2.89. The van der Waals surface area contributed by atoms with Crippen molar-refractivity contribution in [3.05, 3.63) is 57.1 Å². The molecule has 2 aromatic carbocycles. The van der Waals surface area contributed by atoms with Gasteiger partial charge in [0, 0.05) is 11.0 Å². The van der Waals surface area contributed by atoms with Gasteiger partial charge in [-0.25, -0.2) is 4.79 Å². The fourth-order valence-corrected chi connectivity index (χ4v) is 3.45. The van der Waals surface area contributed by atoms with Crippen LogP contribution in [0.1, 0.15) is 21.5 Å². The Bertz CT molecular complexity index is 1040. The lowest BCUT2D eigenvalue weighted by Crippen LogP contribution is -2.22. The highest BCUT2D eigenvalue weighted by Gasteiger charge is 2.20. The molecule has 2 amide bonds. The molecule has 0 atom stereocenters. The number of thioether (sulfide) groups is 1. The number of nitro benzene ring substituents is 1. The number of aryl methyl sites for hydroxylation is 2. The smallest absolute Gasteiger partial charge is 0.338 e. The Kier molecular flexibility index (Phi) is 5.83. The Hall–Kier alpha value is -3.40. The highest BCUT2D eigenvalue weighted by molar-refractivity contribution is 8.00. The summed E-state index contributed by atoms with van der Waals surface area (Å²) < 4.78 is 4.99. The van der Waals surface area contributed by atoms with Gasteiger partial charge in [-0.15, -0.1) is 11.8 Å². The third-order valence-electron chi connectivity index (χ3n) is 4.27. The van der Waals surface area contributed by atoms with Crippen molar-refractivity contribution >= 4 is 46.6 Å². The molecule has 0 saturated heterocycles. The molecule has 150 valence electrons. The first kappa shape index (κ1) is 20.3. The van der Waals surface area contributed by atoms with Crippen LogP contribution in [-0.2, 0) is 14.3 Å². The van der Waals surface area contributed by atoms with E-state index in [2.05, 4.69) is 10.6 Å². The molecule has 10 heteroatoms. The van der Waals surface area contributed by atoms with Gasteiger partial charge in [0.05, 0.1) is 21.9 Å². The van der Waals surface area contributed by atoms with Crippen molar-refractivity contribution in [3.63, 3.8) is 0 Å². The summed E-state index contributed by atoms with van der Waals surface area (Å²) in [6, 6.07) is 7.58. The Labute approximate surface area is 170 Å². The van der Waals surface area contributed by atoms with Crippen molar-refractivity contribution in [1.82, 2.24) is 0 Å². The summed E-state index contributed by atoms with van der Waals surface area (Å²) in [6.07, 6.45) is 0. The third-order valence-corrected chi connectivity index (χ3v) is 5.34. The minimum atomic E-state index is -0.748. The molecule has 0 aromatic heterocycles. The second-order valence-electron chi connectivity index (χ2n) is 6.38. The number of nitrogens with one attached hydrogen (secondary N) is 2. The van der Waals surface area contributed by atoms with Crippen LogP contribution in [0.5, 0.6) is 0 Å². The summed E-state index contributed by atoms with van der Waals surface area (Å²) in [5.74, 6) is -1.31. The van der Waals surface area contributed by atoms with Crippen LogP contribution in [0.2, 0.25) is 0 Å². The van der Waals surface area contributed by atoms with Crippen LogP contribution in [0, 0.1) is 24.0 Å². The monoisotopic (exact) mass is 415 g/mol. The van der Waals surface area contributed by atoms with Gasteiger partial charge in [-0.2, -0.15) is 0 Å². The number of hydrogen-bond acceptors (Lipinski definition) is 7. The Morgan fingerprint density at radius 1 is 1.24 bits per heavy atom. The van der Waals surface area contributed by atoms with Crippen LogP contribution in [0.4, 0.5) is 17.1 Å². The van der Waals surface area contributed by atoms with E-state index in [1.54, 1.807) is 19.9 Å². The predicted octanol–water partition coefficient (Wildman–Crippen LogP) is 3.05. The number of ether oxygens (including phenoxy) is 1. The summed E-state index contributed by atoms with van der Waals surface area (Å²) in [5.41, 5.74) is 1.98. The summed E-state index contributed by atoms with van der Waals surface area (Å²) in [4.78, 5) is 47.2. The maximum atomic E-state index is 12.2. The predicted molar refractivity (Wildman–Crippen MR) is 107 cm³/mol. The fourth-order valence-electron chi connectivity index (χ4n) is 2.66. The molecule has 1 heterocycles. The van der Waals surface area contributed by atoms with E-state index in [9.17, 15) is 24.5 Å². The molecule has 0 fully saturated rings. The van der Waals surface area contributed by atoms with Crippen LogP contribution in [0.25, 0.3) is 0 Å². The fraction of sp³-hybridized carbons (Fsp3) is 0.211. The second-order valence-corrected chi connectivity index (χ2v) is 7.40. The molecule has 3 rings (SSSR count). The lowest BCUT2D eigenvalue weighted by atomic mass is 10.1. The average molecular weight is 415 g/mol. The zero-order chi connectivity index (χ0) is 21.1. The maximum Gasteiger partial charge on any atom is 0.338 e. The first-order valence-electron chi connectivity index (χ1n) is 8.54. The second kappa shape index (κ2) is 8.31. The Morgan fingerprint density at radius 3 is 2.69 bits per heavy atom. The minimum Gasteiger partial charge on any atom is -0.452 e. The number of carbonyl (C=O) groups is 3. The standard InChI is InChI=1S/C19H17N3O6S/c1-10-5-13(15(22(26)27)6-11(10)2)20-17(23)8-28-19(25)12-3-4-16-14(7-12)21-18(24)9-29-16/h3-7H,8-9H2,1-2H3,(H,20,23)(H,21,24). The van der Waals surface area contributed by atoms with Crippen molar-refractivity contribution in [2.75, 3.05) is 23.0 Å². The number of rotatable bonds is 5. The average Bonchev–Trinajstić information content (AvgIpc) is 2.67. The molecule has 0 bridgehead atoms. The van der Waals surface area contributed by atoms with Gasteiger partial charge in [0.1, 0.15) is 5.69 Å². The van der Waals surface area contributed by atoms with Gasteiger partial charge >= 0.3 is 5.97 Å². The Balaban J connectivity index is 1.65. The van der Waals surface area contributed by atoms with Crippen LogP contribution in [0.3, 0.4) is 0 Å². The lowest BCUT2D eigenvalue weighted by Gasteiger charge is -2.16. The molecule has 29 heavy (non-hydrogen) atoms. The zero-order valence-electron chi connectivity index (χ0n) is 15.6. The van der Waals surface area contributed by atoms with E-state index in [1.807, 2.05) is 0 Å². The van der Waals surface area contributed by atoms with Crippen LogP contribution in [-0.4, -0.2) is 35.1 Å². The van der Waals surface area contributed by atoms with E-state index >= 15 is 0 Å². The number of amides is 2. The number of anilines is 2. The third kappa shape index (κ3) is 4.72. The number of carbonyl (C=O) groups excluding carboxylic acids is 3. The SMILES string of the molecule is Cc1cc(NC(=O)COC(=O)c2ccc3c(c2)NC(=O)CS3)c([N+](=O)[O-])cc1C. The first-order valence-corrected chi connectivity index (χ1v) is 9.52. The molecule has 2 N–H and O–H groups in total. The number of nitrogens with zero attached hydrogens (tertiary/aromatic N) is 1. The number of hydrogen-bond donors (Lipinski definition) is 2. The quantitative estimate of drug-likeness (QED) is 0.436. The van der Waals surface area contributed by atoms with Gasteiger partial charge in [-0.3, -0.25) is 19.7 Å². The van der Waals surface area contributed by atoms with E-state index in [0.717, 1.165) is 16.0 Å². The topological polar surface area (TPSA) is 128 Å². The molecule has 1 aliphatic heterocycles. The first-order chi connectivity index (χ1) is 13.7. The number of nitro groups is 1. The maximum absolute atomic E-state index is 12.2. The van der Waals surface area contributed by atoms with Crippen molar-refractivity contribution in [2.24, 2.45) is 0 Å². The van der Waals surface area contributed by atoms with Crippen molar-refractivity contribution in [3.8, 4) is 0 Å². The number of fused-ring (bicyclic) bond motifs is 1. The molecule has 9 nitrogen and oxygen atoms in total. The molecule has 0 unspecified atom stereocenters. The largest absolute Gasteiger partial charge is 0.452 e. The van der Waals surface area contributed by atoms with Gasteiger partial charge in [0.25, 0.3) is 11.6 Å².